The molecular formula is C22H24AsN5O3S2. The van der Waals surface area contributed by atoms with E-state index in [2.05, 4.69) is 37.0 Å². The Morgan fingerprint density at radius 1 is 1.15 bits per heavy atom. The van der Waals surface area contributed by atoms with Crippen molar-refractivity contribution in [3.8, 4) is 11.3 Å². The van der Waals surface area contributed by atoms with Crippen molar-refractivity contribution in [3.05, 3.63) is 58.5 Å². The quantitative estimate of drug-likeness (QED) is 0.444. The Labute approximate surface area is 206 Å². The van der Waals surface area contributed by atoms with Crippen LogP contribution in [0, 0.1) is 0 Å². The third-order valence-electron chi connectivity index (χ3n) is 5.46. The fourth-order valence-electron chi connectivity index (χ4n) is 3.49. The number of carbonyl (C=O) groups excluding carboxylic acids is 1. The number of aromatic nitrogens is 2. The topological polar surface area (TPSA) is 95.5 Å². The third kappa shape index (κ3) is 5.70. The van der Waals surface area contributed by atoms with Gasteiger partial charge in [0, 0.05) is 0 Å². The minimum atomic E-state index is -3.54. The Morgan fingerprint density at radius 2 is 1.88 bits per heavy atom. The van der Waals surface area contributed by atoms with Gasteiger partial charge in [0.2, 0.25) is 0 Å². The van der Waals surface area contributed by atoms with Crippen molar-refractivity contribution in [2.45, 2.75) is 11.3 Å². The number of likely N-dealkylation sites (N-methyl/N-ethyl adjacent to an activating group) is 1. The van der Waals surface area contributed by atoms with Crippen molar-refractivity contribution >= 4 is 48.6 Å². The molecule has 0 spiro atoms. The van der Waals surface area contributed by atoms with Crippen LogP contribution < -0.4 is 9.80 Å². The van der Waals surface area contributed by atoms with Crippen LogP contribution in [0.2, 0.25) is 0 Å². The van der Waals surface area contributed by atoms with E-state index in [9.17, 15) is 13.2 Å². The molecule has 1 aliphatic heterocycles. The van der Waals surface area contributed by atoms with Crippen LogP contribution in [0.4, 0.5) is 0 Å². The zero-order valence-corrected chi connectivity index (χ0v) is 21.6. The molecule has 0 saturated carbocycles. The van der Waals surface area contributed by atoms with E-state index < -0.39 is 10.0 Å². The number of nitrogens with one attached hydrogen (secondary N) is 1. The first kappa shape index (κ1) is 24.0. The molecule has 0 bridgehead atoms. The van der Waals surface area contributed by atoms with Crippen LogP contribution in [0.25, 0.3) is 11.3 Å². The zero-order valence-electron chi connectivity index (χ0n) is 18.1. The van der Waals surface area contributed by atoms with Gasteiger partial charge in [-0.15, -0.1) is 0 Å². The Kier molecular flexibility index (Phi) is 7.61. The Bertz CT molecular complexity index is 1210. The second kappa shape index (κ2) is 10.4. The number of benzene rings is 1. The molecule has 4 rings (SSSR count). The van der Waals surface area contributed by atoms with Crippen molar-refractivity contribution in [2.24, 2.45) is 0 Å². The van der Waals surface area contributed by atoms with Gasteiger partial charge in [-0.2, -0.15) is 0 Å². The normalized spacial score (nSPS) is 15.5. The van der Waals surface area contributed by atoms with E-state index in [-0.39, 0.29) is 16.5 Å². The molecule has 1 amide bonds. The van der Waals surface area contributed by atoms with E-state index in [0.29, 0.717) is 48.5 Å². The van der Waals surface area contributed by atoms with Gasteiger partial charge in [0.05, 0.1) is 0 Å². The van der Waals surface area contributed by atoms with E-state index in [0.717, 1.165) is 6.42 Å². The molecule has 8 nitrogen and oxygen atoms in total. The summed E-state index contributed by atoms with van der Waals surface area (Å²) >= 11 is 3.92. The molecular weight excluding hydrogens is 521 g/mol. The molecule has 172 valence electrons. The average molecular weight is 546 g/mol. The van der Waals surface area contributed by atoms with Gasteiger partial charge >= 0.3 is 195 Å². The van der Waals surface area contributed by atoms with E-state index in [4.69, 9.17) is 0 Å². The van der Waals surface area contributed by atoms with Gasteiger partial charge < -0.3 is 4.90 Å². The number of piperazine rings is 1. The van der Waals surface area contributed by atoms with Crippen LogP contribution in [0.5, 0.6) is 0 Å². The van der Waals surface area contributed by atoms with Crippen LogP contribution in [0.15, 0.2) is 52.9 Å². The summed E-state index contributed by atoms with van der Waals surface area (Å²) in [5, 5.41) is 4.90. The molecule has 33 heavy (non-hydrogen) atoms. The second-order valence-electron chi connectivity index (χ2n) is 7.74. The summed E-state index contributed by atoms with van der Waals surface area (Å²) in [4.78, 5) is 25.0. The summed E-state index contributed by atoms with van der Waals surface area (Å²) in [5.41, 5.74) is 1.45. The Balaban J connectivity index is 1.47. The maximum absolute atomic E-state index is 12.9. The number of amides is 1. The summed E-state index contributed by atoms with van der Waals surface area (Å²) in [7, 11) is -1.55. The minimum absolute atomic E-state index is 0.243. The van der Waals surface area contributed by atoms with Crippen molar-refractivity contribution in [1.82, 2.24) is 24.5 Å². The predicted octanol–water partition coefficient (Wildman–Crippen LogP) is 0.907. The number of thiophene rings is 1. The van der Waals surface area contributed by atoms with Crippen LogP contribution in [0.3, 0.4) is 0 Å². The molecule has 0 aliphatic carbocycles. The van der Waals surface area contributed by atoms with Gasteiger partial charge in [-0.1, -0.05) is 0 Å². The van der Waals surface area contributed by atoms with Crippen molar-refractivity contribution in [2.75, 3.05) is 39.8 Å². The van der Waals surface area contributed by atoms with Crippen molar-refractivity contribution in [1.29, 1.82) is 0 Å². The molecule has 0 atom stereocenters. The van der Waals surface area contributed by atoms with Crippen molar-refractivity contribution < 1.29 is 13.2 Å². The molecule has 3 aromatic rings. The number of rotatable bonds is 7. The summed E-state index contributed by atoms with van der Waals surface area (Å²) < 4.78 is 27.9. The molecule has 1 fully saturated rings. The Morgan fingerprint density at radius 3 is 2.55 bits per heavy atom. The molecule has 1 saturated heterocycles. The SMILES string of the molecule is CN1CCN(S(=O)(=O)c2ccc(-c3cnc([As])c(C(=O)NCCc4cccs4)n3)cc2)CC1. The fourth-order valence-corrected chi connectivity index (χ4v) is 6.06. The molecule has 0 unspecified atom stereocenters. The summed E-state index contributed by atoms with van der Waals surface area (Å²) in [6.07, 6.45) is 2.34. The summed E-state index contributed by atoms with van der Waals surface area (Å²) in [6, 6.07) is 10.6. The van der Waals surface area contributed by atoms with Crippen LogP contribution in [-0.4, -0.2) is 90.1 Å². The van der Waals surface area contributed by atoms with Crippen LogP contribution in [0.1, 0.15) is 15.4 Å². The number of sulfonamides is 1. The van der Waals surface area contributed by atoms with Gasteiger partial charge in [0.1, 0.15) is 0 Å². The zero-order chi connectivity index (χ0) is 23.4. The van der Waals surface area contributed by atoms with E-state index in [1.165, 1.54) is 9.18 Å². The summed E-state index contributed by atoms with van der Waals surface area (Å²) in [5.74, 6) is -0.286. The first-order valence-electron chi connectivity index (χ1n) is 10.5. The molecule has 1 aromatic carbocycles. The first-order chi connectivity index (χ1) is 15.8. The van der Waals surface area contributed by atoms with Gasteiger partial charge in [0.25, 0.3) is 0 Å². The van der Waals surface area contributed by atoms with E-state index in [1.54, 1.807) is 41.8 Å². The van der Waals surface area contributed by atoms with Crippen LogP contribution in [-0.2, 0) is 16.4 Å². The molecule has 3 heterocycles. The number of hydrogen-bond acceptors (Lipinski definition) is 7. The Hall–Kier alpha value is -2.10. The van der Waals surface area contributed by atoms with E-state index in [1.807, 2.05) is 24.6 Å². The number of hydrogen-bond donors (Lipinski definition) is 1. The second-order valence-corrected chi connectivity index (χ2v) is 11.6. The van der Waals surface area contributed by atoms with Gasteiger partial charge in [-0.3, -0.25) is 0 Å². The fraction of sp³-hybridized carbons (Fsp3) is 0.318. The maximum atomic E-state index is 12.9. The molecule has 2 aromatic heterocycles. The average Bonchev–Trinajstić information content (AvgIpc) is 3.33. The van der Waals surface area contributed by atoms with Gasteiger partial charge in [-0.05, 0) is 7.05 Å². The number of nitrogens with zero attached hydrogens (tertiary/aromatic N) is 4. The summed E-state index contributed by atoms with van der Waals surface area (Å²) in [6.45, 7) is 2.90. The van der Waals surface area contributed by atoms with Crippen molar-refractivity contribution in [3.63, 3.8) is 0 Å². The monoisotopic (exact) mass is 545 g/mol. The third-order valence-corrected chi connectivity index (χ3v) is 8.99. The van der Waals surface area contributed by atoms with Gasteiger partial charge in [-0.25, -0.2) is 0 Å². The molecule has 1 aliphatic rings. The first-order valence-corrected chi connectivity index (χ1v) is 13.8. The molecule has 1 N–H and O–H groups in total. The predicted molar refractivity (Wildman–Crippen MR) is 129 cm³/mol. The van der Waals surface area contributed by atoms with E-state index >= 15 is 0 Å². The molecule has 11 heteroatoms. The number of carbonyl (C=O) groups is 1. The molecule has 2 radical (unpaired) electrons. The van der Waals surface area contributed by atoms with Crippen LogP contribution >= 0.6 is 11.3 Å². The van der Waals surface area contributed by atoms with Gasteiger partial charge in [0.15, 0.2) is 0 Å². The standard InChI is InChI=1S/C22H24AsN5O3S2/c1-27-10-12-28(13-11-27)33(30,31)18-6-4-16(5-7-18)19-15-25-21(23)20(26-19)22(29)24-9-8-17-3-2-14-32-17/h2-7,14-15H,8-13H2,1H3,(H,24,29).